The molecule has 1 aromatic carbocycles. The quantitative estimate of drug-likeness (QED) is 0.928. The van der Waals surface area contributed by atoms with Gasteiger partial charge in [-0.15, -0.1) is 0 Å². The second kappa shape index (κ2) is 6.43. The second-order valence-electron chi connectivity index (χ2n) is 5.83. The Labute approximate surface area is 125 Å². The Morgan fingerprint density at radius 1 is 1.52 bits per heavy atom. The molecular weight excluding hydrogens is 271 g/mol. The Morgan fingerprint density at radius 2 is 2.24 bits per heavy atom. The molecule has 2 atom stereocenters. The predicted octanol–water partition coefficient (Wildman–Crippen LogP) is 3.13. The zero-order chi connectivity index (χ0) is 15.6. The maximum absolute atomic E-state index is 13.3. The van der Waals surface area contributed by atoms with Crippen LogP contribution in [0.15, 0.2) is 18.2 Å². The molecule has 0 aromatic heterocycles. The highest BCUT2D eigenvalue weighted by atomic mass is 19.1. The molecule has 0 unspecified atom stereocenters. The highest BCUT2D eigenvalue weighted by Crippen LogP contribution is 2.39. The van der Waals surface area contributed by atoms with E-state index in [0.717, 1.165) is 30.6 Å². The van der Waals surface area contributed by atoms with Gasteiger partial charge in [0.05, 0.1) is 6.04 Å². The van der Waals surface area contributed by atoms with Gasteiger partial charge in [-0.1, -0.05) is 13.0 Å². The van der Waals surface area contributed by atoms with Crippen molar-refractivity contribution in [1.29, 1.82) is 0 Å². The number of aryl methyl sites for hydroxylation is 1. The standard InChI is InChI=1S/C16H23FN2O2/c1-4-18(3)10-12-7-8-19(16(20)21)15(12)14-6-5-13(17)9-11(14)2/h5-6,9,12,15H,4,7-8,10H2,1-3H3,(H,20,21)/t12-,15+/m0/s1. The van der Waals surface area contributed by atoms with E-state index in [4.69, 9.17) is 0 Å². The Morgan fingerprint density at radius 3 is 2.81 bits per heavy atom. The molecule has 1 aliphatic heterocycles. The molecule has 5 heteroatoms. The number of hydrogen-bond donors (Lipinski definition) is 1. The monoisotopic (exact) mass is 294 g/mol. The molecule has 1 saturated heterocycles. The summed E-state index contributed by atoms with van der Waals surface area (Å²) in [6.07, 6.45) is -0.0524. The summed E-state index contributed by atoms with van der Waals surface area (Å²) >= 11 is 0. The summed E-state index contributed by atoms with van der Waals surface area (Å²) in [6.45, 7) is 6.25. The number of carbonyl (C=O) groups is 1. The van der Waals surface area contributed by atoms with Gasteiger partial charge in [0.25, 0.3) is 0 Å². The SMILES string of the molecule is CCN(C)C[C@@H]1CCN(C(=O)O)[C@H]1c1ccc(F)cc1C. The maximum Gasteiger partial charge on any atom is 0.407 e. The second-order valence-corrected chi connectivity index (χ2v) is 5.83. The Hall–Kier alpha value is -1.62. The predicted molar refractivity (Wildman–Crippen MR) is 79.9 cm³/mol. The van der Waals surface area contributed by atoms with Crippen molar-refractivity contribution in [3.63, 3.8) is 0 Å². The summed E-state index contributed by atoms with van der Waals surface area (Å²) < 4.78 is 13.3. The molecule has 1 aliphatic rings. The van der Waals surface area contributed by atoms with Crippen molar-refractivity contribution in [3.8, 4) is 0 Å². The van der Waals surface area contributed by atoms with Crippen molar-refractivity contribution in [3.05, 3.63) is 35.1 Å². The van der Waals surface area contributed by atoms with Crippen LogP contribution in [0, 0.1) is 18.7 Å². The average Bonchev–Trinajstić information content (AvgIpc) is 2.82. The fourth-order valence-corrected chi connectivity index (χ4v) is 3.18. The van der Waals surface area contributed by atoms with Crippen LogP contribution >= 0.6 is 0 Å². The lowest BCUT2D eigenvalue weighted by Gasteiger charge is -2.30. The van der Waals surface area contributed by atoms with Gasteiger partial charge in [0.2, 0.25) is 0 Å². The van der Waals surface area contributed by atoms with Gasteiger partial charge in [-0.3, -0.25) is 0 Å². The Balaban J connectivity index is 2.33. The third-order valence-corrected chi connectivity index (χ3v) is 4.41. The molecule has 1 fully saturated rings. The number of carboxylic acid groups (broad SMARTS) is 1. The molecule has 1 aromatic rings. The van der Waals surface area contributed by atoms with E-state index in [1.807, 2.05) is 14.0 Å². The molecular formula is C16H23FN2O2. The first-order valence-corrected chi connectivity index (χ1v) is 7.38. The molecule has 0 spiro atoms. The molecule has 2 rings (SSSR count). The zero-order valence-corrected chi connectivity index (χ0v) is 12.8. The van der Waals surface area contributed by atoms with E-state index >= 15 is 0 Å². The van der Waals surface area contributed by atoms with E-state index in [1.54, 1.807) is 6.07 Å². The van der Waals surface area contributed by atoms with Gasteiger partial charge in [-0.25, -0.2) is 9.18 Å². The van der Waals surface area contributed by atoms with Crippen LogP contribution in [0.2, 0.25) is 0 Å². The van der Waals surface area contributed by atoms with Crippen LogP contribution in [0.5, 0.6) is 0 Å². The van der Waals surface area contributed by atoms with Crippen molar-refractivity contribution in [1.82, 2.24) is 9.80 Å². The van der Waals surface area contributed by atoms with Crippen LogP contribution in [0.25, 0.3) is 0 Å². The Bertz CT molecular complexity index is 521. The van der Waals surface area contributed by atoms with Crippen LogP contribution in [-0.4, -0.2) is 47.7 Å². The molecule has 21 heavy (non-hydrogen) atoms. The normalized spacial score (nSPS) is 22.0. The minimum absolute atomic E-state index is 0.183. The van der Waals surface area contributed by atoms with Crippen LogP contribution in [0.3, 0.4) is 0 Å². The molecule has 4 nitrogen and oxygen atoms in total. The highest BCUT2D eigenvalue weighted by Gasteiger charge is 2.39. The molecule has 1 heterocycles. The van der Waals surface area contributed by atoms with Gasteiger partial charge in [0.1, 0.15) is 5.82 Å². The average molecular weight is 294 g/mol. The first-order chi connectivity index (χ1) is 9.93. The minimum atomic E-state index is -0.898. The van der Waals surface area contributed by atoms with Crippen LogP contribution in [-0.2, 0) is 0 Å². The number of nitrogens with zero attached hydrogens (tertiary/aromatic N) is 2. The van der Waals surface area contributed by atoms with Gasteiger partial charge in [0.15, 0.2) is 0 Å². The number of halogens is 1. The van der Waals surface area contributed by atoms with Crippen molar-refractivity contribution in [2.45, 2.75) is 26.3 Å². The van der Waals surface area contributed by atoms with Crippen molar-refractivity contribution >= 4 is 6.09 Å². The van der Waals surface area contributed by atoms with E-state index in [9.17, 15) is 14.3 Å². The van der Waals surface area contributed by atoms with Crippen molar-refractivity contribution in [2.75, 3.05) is 26.7 Å². The van der Waals surface area contributed by atoms with Crippen molar-refractivity contribution in [2.24, 2.45) is 5.92 Å². The van der Waals surface area contributed by atoms with Crippen molar-refractivity contribution < 1.29 is 14.3 Å². The molecule has 1 N–H and O–H groups in total. The fourth-order valence-electron chi connectivity index (χ4n) is 3.18. The number of amides is 1. The molecule has 0 saturated carbocycles. The van der Waals surface area contributed by atoms with E-state index < -0.39 is 6.09 Å². The minimum Gasteiger partial charge on any atom is -0.465 e. The van der Waals surface area contributed by atoms with Gasteiger partial charge >= 0.3 is 6.09 Å². The number of rotatable bonds is 4. The summed E-state index contributed by atoms with van der Waals surface area (Å²) in [7, 11) is 2.04. The Kier molecular flexibility index (Phi) is 4.83. The molecule has 0 bridgehead atoms. The first-order valence-electron chi connectivity index (χ1n) is 7.38. The van der Waals surface area contributed by atoms with E-state index in [0.29, 0.717) is 6.54 Å². The summed E-state index contributed by atoms with van der Waals surface area (Å²) in [6, 6.07) is 4.45. The molecule has 0 aliphatic carbocycles. The molecule has 1 amide bonds. The van der Waals surface area contributed by atoms with Gasteiger partial charge in [-0.2, -0.15) is 0 Å². The number of likely N-dealkylation sites (tertiary alicyclic amines) is 1. The number of hydrogen-bond acceptors (Lipinski definition) is 2. The van der Waals surface area contributed by atoms with Gasteiger partial charge in [-0.05, 0) is 56.1 Å². The smallest absolute Gasteiger partial charge is 0.407 e. The lowest BCUT2D eigenvalue weighted by atomic mass is 9.90. The largest absolute Gasteiger partial charge is 0.465 e. The molecule has 0 radical (unpaired) electrons. The molecule has 116 valence electrons. The lowest BCUT2D eigenvalue weighted by Crippen LogP contribution is -2.34. The van der Waals surface area contributed by atoms with E-state index in [1.165, 1.54) is 17.0 Å². The van der Waals surface area contributed by atoms with Crippen LogP contribution < -0.4 is 0 Å². The topological polar surface area (TPSA) is 43.8 Å². The van der Waals surface area contributed by atoms with E-state index in [2.05, 4.69) is 11.8 Å². The van der Waals surface area contributed by atoms with Crippen LogP contribution in [0.4, 0.5) is 9.18 Å². The van der Waals surface area contributed by atoms with Crippen LogP contribution in [0.1, 0.15) is 30.5 Å². The highest BCUT2D eigenvalue weighted by molar-refractivity contribution is 5.66. The summed E-state index contributed by atoms with van der Waals surface area (Å²) in [5.74, 6) is -0.0337. The third-order valence-electron chi connectivity index (χ3n) is 4.41. The summed E-state index contributed by atoms with van der Waals surface area (Å²) in [5, 5.41) is 9.44. The lowest BCUT2D eigenvalue weighted by molar-refractivity contribution is 0.130. The third kappa shape index (κ3) is 3.35. The first kappa shape index (κ1) is 15.8. The maximum atomic E-state index is 13.3. The van der Waals surface area contributed by atoms with Gasteiger partial charge < -0.3 is 14.9 Å². The fraction of sp³-hybridized carbons (Fsp3) is 0.562. The zero-order valence-electron chi connectivity index (χ0n) is 12.8. The van der Waals surface area contributed by atoms with Gasteiger partial charge in [0, 0.05) is 13.1 Å². The summed E-state index contributed by atoms with van der Waals surface area (Å²) in [4.78, 5) is 15.2. The summed E-state index contributed by atoms with van der Waals surface area (Å²) in [5.41, 5.74) is 1.74. The van der Waals surface area contributed by atoms with E-state index in [-0.39, 0.29) is 17.8 Å². The number of benzene rings is 1.